The third-order valence-corrected chi connectivity index (χ3v) is 10.0. The van der Waals surface area contributed by atoms with Crippen molar-refractivity contribution in [2.24, 2.45) is 11.8 Å². The van der Waals surface area contributed by atoms with Crippen molar-refractivity contribution in [3.63, 3.8) is 0 Å². The number of hydrogen-bond donors (Lipinski definition) is 0. The van der Waals surface area contributed by atoms with Gasteiger partial charge >= 0.3 is 0 Å². The second-order valence-electron chi connectivity index (χ2n) is 12.8. The molecule has 200 valence electrons. The number of nitrogens with zero attached hydrogens (tertiary/aromatic N) is 2. The number of benzene rings is 1. The van der Waals surface area contributed by atoms with E-state index in [-0.39, 0.29) is 10.8 Å². The van der Waals surface area contributed by atoms with Crippen molar-refractivity contribution in [3.8, 4) is 0 Å². The SMILES string of the molecule is CC(C)(c1ccccc1C(C)(C)C1CCCC[C]1N1CCOCC1)C1CCCC[C]1N1CCOCC1. The summed E-state index contributed by atoms with van der Waals surface area (Å²) in [5.41, 5.74) is 3.38. The van der Waals surface area contributed by atoms with E-state index in [4.69, 9.17) is 9.47 Å². The summed E-state index contributed by atoms with van der Waals surface area (Å²) in [6.45, 7) is 18.0. The highest BCUT2D eigenvalue weighted by Gasteiger charge is 2.47. The maximum Gasteiger partial charge on any atom is 0.0594 e. The molecule has 4 heteroatoms. The Morgan fingerprint density at radius 3 is 1.39 bits per heavy atom. The van der Waals surface area contributed by atoms with Crippen LogP contribution in [-0.2, 0) is 20.3 Å². The van der Waals surface area contributed by atoms with Crippen molar-refractivity contribution in [2.45, 2.75) is 89.9 Å². The lowest BCUT2D eigenvalue weighted by Gasteiger charge is -2.51. The van der Waals surface area contributed by atoms with Gasteiger partial charge in [-0.15, -0.1) is 0 Å². The van der Waals surface area contributed by atoms with Crippen LogP contribution in [0.4, 0.5) is 0 Å². The Morgan fingerprint density at radius 1 is 0.611 bits per heavy atom. The van der Waals surface area contributed by atoms with Crippen molar-refractivity contribution < 1.29 is 9.47 Å². The van der Waals surface area contributed by atoms with Gasteiger partial charge in [-0.05, 0) is 59.5 Å². The first kappa shape index (κ1) is 26.7. The van der Waals surface area contributed by atoms with Crippen molar-refractivity contribution >= 4 is 0 Å². The molecule has 2 saturated heterocycles. The van der Waals surface area contributed by atoms with Crippen molar-refractivity contribution in [2.75, 3.05) is 52.6 Å². The Bertz CT molecular complexity index is 771. The van der Waals surface area contributed by atoms with Gasteiger partial charge in [0.25, 0.3) is 0 Å². The maximum atomic E-state index is 5.72. The van der Waals surface area contributed by atoms with E-state index in [0.717, 1.165) is 52.6 Å². The first-order chi connectivity index (χ1) is 17.4. The monoisotopic (exact) mass is 494 g/mol. The first-order valence-electron chi connectivity index (χ1n) is 14.9. The molecule has 2 heterocycles. The van der Waals surface area contributed by atoms with Gasteiger partial charge in [0.05, 0.1) is 26.4 Å². The van der Waals surface area contributed by atoms with E-state index in [1.54, 1.807) is 23.2 Å². The van der Waals surface area contributed by atoms with Gasteiger partial charge in [-0.2, -0.15) is 0 Å². The van der Waals surface area contributed by atoms with Gasteiger partial charge in [0.1, 0.15) is 0 Å². The summed E-state index contributed by atoms with van der Waals surface area (Å²) in [6.07, 6.45) is 10.5. The fraction of sp³-hybridized carbons (Fsp3) is 0.750. The van der Waals surface area contributed by atoms with E-state index in [0.29, 0.717) is 11.8 Å². The molecule has 2 atom stereocenters. The second-order valence-corrected chi connectivity index (χ2v) is 12.8. The second kappa shape index (κ2) is 11.4. The standard InChI is InChI=1S/C32H50N2O2/c1-31(2,27-13-7-9-15-29(27)33-17-21-35-22-18-33)25-11-5-6-12-26(25)32(3,4)28-14-8-10-16-30(28)34-19-23-36-24-20-34/h5-6,11-12,27-28H,7-10,13-24H2,1-4H3. The average Bonchev–Trinajstić information content (AvgIpc) is 2.94. The van der Waals surface area contributed by atoms with Crippen LogP contribution in [0.3, 0.4) is 0 Å². The minimum Gasteiger partial charge on any atom is -0.379 e. The zero-order valence-electron chi connectivity index (χ0n) is 23.5. The topological polar surface area (TPSA) is 24.9 Å². The van der Waals surface area contributed by atoms with Crippen LogP contribution in [0.5, 0.6) is 0 Å². The highest BCUT2D eigenvalue weighted by atomic mass is 16.5. The fourth-order valence-corrected chi connectivity index (χ4v) is 7.99. The lowest BCUT2D eigenvalue weighted by molar-refractivity contribution is 0.0170. The molecular weight excluding hydrogens is 444 g/mol. The van der Waals surface area contributed by atoms with Crippen LogP contribution < -0.4 is 0 Å². The van der Waals surface area contributed by atoms with Crippen LogP contribution in [0.1, 0.15) is 90.2 Å². The Hall–Kier alpha value is -0.940. The zero-order chi connectivity index (χ0) is 25.2. The molecule has 5 rings (SSSR count). The van der Waals surface area contributed by atoms with Crippen LogP contribution in [0.2, 0.25) is 0 Å². The van der Waals surface area contributed by atoms with E-state index in [2.05, 4.69) is 61.8 Å². The molecule has 0 bridgehead atoms. The molecule has 4 fully saturated rings. The normalized spacial score (nSPS) is 28.9. The van der Waals surface area contributed by atoms with Gasteiger partial charge in [-0.1, -0.05) is 77.6 Å². The minimum atomic E-state index is 0.107. The van der Waals surface area contributed by atoms with E-state index in [1.165, 1.54) is 51.4 Å². The highest BCUT2D eigenvalue weighted by Crippen LogP contribution is 2.52. The predicted octanol–water partition coefficient (Wildman–Crippen LogP) is 6.35. The van der Waals surface area contributed by atoms with Gasteiger partial charge in [-0.3, -0.25) is 9.80 Å². The molecule has 2 unspecified atom stereocenters. The number of hydrogen-bond acceptors (Lipinski definition) is 4. The molecule has 4 aliphatic rings. The molecule has 0 spiro atoms. The quantitative estimate of drug-likeness (QED) is 0.460. The molecule has 1 aromatic carbocycles. The van der Waals surface area contributed by atoms with E-state index in [9.17, 15) is 0 Å². The summed E-state index contributed by atoms with van der Waals surface area (Å²) in [4.78, 5) is 5.38. The van der Waals surface area contributed by atoms with Crippen molar-refractivity contribution in [1.29, 1.82) is 0 Å². The van der Waals surface area contributed by atoms with E-state index >= 15 is 0 Å². The Labute approximate surface area is 221 Å². The van der Waals surface area contributed by atoms with Gasteiger partial charge in [0.15, 0.2) is 0 Å². The van der Waals surface area contributed by atoms with E-state index < -0.39 is 0 Å². The summed E-state index contributed by atoms with van der Waals surface area (Å²) in [7, 11) is 0. The molecule has 0 N–H and O–H groups in total. The fourth-order valence-electron chi connectivity index (χ4n) is 7.99. The molecule has 2 radical (unpaired) electrons. The van der Waals surface area contributed by atoms with Crippen LogP contribution in [0.15, 0.2) is 24.3 Å². The number of rotatable bonds is 6. The zero-order valence-corrected chi connectivity index (χ0v) is 23.5. The molecule has 2 aliphatic carbocycles. The molecule has 4 nitrogen and oxygen atoms in total. The third kappa shape index (κ3) is 5.30. The molecule has 0 amide bonds. The largest absolute Gasteiger partial charge is 0.379 e. The lowest BCUT2D eigenvalue weighted by atomic mass is 9.58. The van der Waals surface area contributed by atoms with Crippen molar-refractivity contribution in [1.82, 2.24) is 9.80 Å². The Kier molecular flexibility index (Phi) is 8.47. The van der Waals surface area contributed by atoms with Crippen molar-refractivity contribution in [3.05, 3.63) is 47.5 Å². The minimum absolute atomic E-state index is 0.107. The smallest absolute Gasteiger partial charge is 0.0594 e. The predicted molar refractivity (Wildman–Crippen MR) is 148 cm³/mol. The summed E-state index contributed by atoms with van der Waals surface area (Å²) in [5, 5.41) is 0. The summed E-state index contributed by atoms with van der Waals surface area (Å²) >= 11 is 0. The first-order valence-corrected chi connectivity index (χ1v) is 14.9. The van der Waals surface area contributed by atoms with Gasteiger partial charge in [-0.25, -0.2) is 0 Å². The summed E-state index contributed by atoms with van der Waals surface area (Å²) < 4.78 is 11.4. The molecule has 2 aliphatic heterocycles. The molecule has 1 aromatic rings. The average molecular weight is 495 g/mol. The maximum absolute atomic E-state index is 5.72. The highest BCUT2D eigenvalue weighted by molar-refractivity contribution is 5.41. The third-order valence-electron chi connectivity index (χ3n) is 10.0. The Morgan fingerprint density at radius 2 is 1.00 bits per heavy atom. The number of morpholine rings is 2. The van der Waals surface area contributed by atoms with Gasteiger partial charge < -0.3 is 9.47 Å². The summed E-state index contributed by atoms with van der Waals surface area (Å²) in [5.74, 6) is 1.21. The van der Waals surface area contributed by atoms with Crippen LogP contribution in [0.25, 0.3) is 0 Å². The molecule has 0 aromatic heterocycles. The molecular formula is C32H50N2O2. The molecule has 2 saturated carbocycles. The van der Waals surface area contributed by atoms with Gasteiger partial charge in [0.2, 0.25) is 0 Å². The van der Waals surface area contributed by atoms with Crippen LogP contribution >= 0.6 is 0 Å². The number of ether oxygens (including phenoxy) is 2. The lowest BCUT2D eigenvalue weighted by Crippen LogP contribution is -2.49. The van der Waals surface area contributed by atoms with E-state index in [1.807, 2.05) is 0 Å². The van der Waals surface area contributed by atoms with Gasteiger partial charge in [0, 0.05) is 38.3 Å². The molecule has 36 heavy (non-hydrogen) atoms. The summed E-state index contributed by atoms with van der Waals surface area (Å²) in [6, 6.07) is 12.9. The van der Waals surface area contributed by atoms with Crippen LogP contribution in [0, 0.1) is 23.9 Å². The Balaban J connectivity index is 1.46. The van der Waals surface area contributed by atoms with Crippen LogP contribution in [-0.4, -0.2) is 62.4 Å².